The average Bonchev–Trinajstić information content (AvgIpc) is 2.52. The van der Waals surface area contributed by atoms with Gasteiger partial charge in [-0.3, -0.25) is 0 Å². The molecule has 0 aromatic carbocycles. The highest BCUT2D eigenvalue weighted by molar-refractivity contribution is 5.10. The maximum atomic E-state index is 8.96. The molecule has 156 valence electrons. The predicted octanol–water partition coefficient (Wildman–Crippen LogP) is 5.95. The van der Waals surface area contributed by atoms with Crippen molar-refractivity contribution in [3.05, 3.63) is 0 Å². The molecule has 0 radical (unpaired) electrons. The molecule has 0 amide bonds. The van der Waals surface area contributed by atoms with Gasteiger partial charge in [0.05, 0.1) is 5.60 Å². The number of nitrogens with one attached hydrogen (secondary N) is 1. The first kappa shape index (κ1) is 39.3. The number of likely N-dealkylation sites (N-methyl/N-ethyl adjacent to an activating group) is 1. The molecule has 0 aliphatic carbocycles. The zero-order valence-electron chi connectivity index (χ0n) is 19.4. The SMILES string of the molecule is C#C.C=O.CC.CC(C)C.CCCCCC(C)C.CNCC(C)(C)O. The van der Waals surface area contributed by atoms with E-state index in [-0.39, 0.29) is 0 Å². The van der Waals surface area contributed by atoms with Gasteiger partial charge < -0.3 is 15.2 Å². The topological polar surface area (TPSA) is 49.3 Å². The molecule has 0 aliphatic heterocycles. The minimum absolute atomic E-state index is 0.561. The lowest BCUT2D eigenvalue weighted by atomic mass is 10.1. The molecule has 0 aliphatic rings. The van der Waals surface area contributed by atoms with Crippen LogP contribution in [0, 0.1) is 24.7 Å². The van der Waals surface area contributed by atoms with Gasteiger partial charge in [-0.2, -0.15) is 0 Å². The van der Waals surface area contributed by atoms with Crippen LogP contribution in [0.15, 0.2) is 0 Å². The van der Waals surface area contributed by atoms with Crippen LogP contribution < -0.4 is 5.32 Å². The molecule has 3 nitrogen and oxygen atoms in total. The first-order valence-corrected chi connectivity index (χ1v) is 9.55. The van der Waals surface area contributed by atoms with Crippen molar-refractivity contribution in [2.45, 2.75) is 101 Å². The number of unbranched alkanes of at least 4 members (excludes halogenated alkanes) is 2. The van der Waals surface area contributed by atoms with E-state index in [1.165, 1.54) is 25.7 Å². The fraction of sp³-hybridized carbons (Fsp3) is 0.864. The second-order valence-electron chi connectivity index (χ2n) is 6.96. The Morgan fingerprint density at radius 1 is 1.00 bits per heavy atom. The van der Waals surface area contributed by atoms with Crippen molar-refractivity contribution in [3.8, 4) is 12.8 Å². The van der Waals surface area contributed by atoms with E-state index in [0.717, 1.165) is 11.8 Å². The molecule has 0 saturated heterocycles. The molecule has 0 atom stereocenters. The zero-order chi connectivity index (χ0) is 21.9. The first-order valence-electron chi connectivity index (χ1n) is 9.55. The number of carbonyl (C=O) groups excluding carboxylic acids is 1. The Morgan fingerprint density at radius 2 is 1.32 bits per heavy atom. The fourth-order valence-electron chi connectivity index (χ4n) is 1.24. The van der Waals surface area contributed by atoms with Crippen molar-refractivity contribution in [3.63, 3.8) is 0 Å². The summed E-state index contributed by atoms with van der Waals surface area (Å²) >= 11 is 0. The zero-order valence-corrected chi connectivity index (χ0v) is 19.4. The summed E-state index contributed by atoms with van der Waals surface area (Å²) in [7, 11) is 1.82. The van der Waals surface area contributed by atoms with Crippen molar-refractivity contribution in [1.29, 1.82) is 0 Å². The Kier molecular flexibility index (Phi) is 60.7. The van der Waals surface area contributed by atoms with Crippen LogP contribution in [0.25, 0.3) is 0 Å². The van der Waals surface area contributed by atoms with E-state index in [1.807, 2.05) is 27.7 Å². The highest BCUT2D eigenvalue weighted by Gasteiger charge is 2.08. The molecule has 0 unspecified atom stereocenters. The van der Waals surface area contributed by atoms with Crippen molar-refractivity contribution >= 4 is 6.79 Å². The monoisotopic (exact) mass is 361 g/mol. The lowest BCUT2D eigenvalue weighted by molar-refractivity contribution is -0.0980. The molecule has 0 rings (SSSR count). The Morgan fingerprint density at radius 3 is 1.44 bits per heavy atom. The summed E-state index contributed by atoms with van der Waals surface area (Å²) in [5.41, 5.74) is -0.561. The summed E-state index contributed by atoms with van der Waals surface area (Å²) in [4.78, 5) is 8.00. The van der Waals surface area contributed by atoms with Crippen LogP contribution in [0.4, 0.5) is 0 Å². The lowest BCUT2D eigenvalue weighted by Crippen LogP contribution is -2.32. The Hall–Kier alpha value is -0.850. The number of aliphatic hydroxyl groups is 1. The maximum Gasteiger partial charge on any atom is 0.106 e. The van der Waals surface area contributed by atoms with Crippen LogP contribution in [-0.4, -0.2) is 31.1 Å². The predicted molar refractivity (Wildman–Crippen MR) is 118 cm³/mol. The van der Waals surface area contributed by atoms with Crippen LogP contribution in [0.1, 0.15) is 94.9 Å². The van der Waals surface area contributed by atoms with Gasteiger partial charge >= 0.3 is 0 Å². The number of rotatable bonds is 6. The maximum absolute atomic E-state index is 8.96. The van der Waals surface area contributed by atoms with E-state index in [1.54, 1.807) is 13.8 Å². The van der Waals surface area contributed by atoms with Crippen LogP contribution in [0.5, 0.6) is 0 Å². The minimum atomic E-state index is -0.561. The number of hydrogen-bond donors (Lipinski definition) is 2. The van der Waals surface area contributed by atoms with Crippen molar-refractivity contribution in [2.24, 2.45) is 11.8 Å². The highest BCUT2D eigenvalue weighted by atomic mass is 16.3. The Labute approximate surface area is 161 Å². The third kappa shape index (κ3) is 156. The number of terminal acetylenes is 1. The van der Waals surface area contributed by atoms with Crippen LogP contribution >= 0.6 is 0 Å². The van der Waals surface area contributed by atoms with Crippen molar-refractivity contribution < 1.29 is 9.90 Å². The fourth-order valence-corrected chi connectivity index (χ4v) is 1.24. The van der Waals surface area contributed by atoms with Crippen LogP contribution in [-0.2, 0) is 4.79 Å². The third-order valence-corrected chi connectivity index (χ3v) is 1.99. The largest absolute Gasteiger partial charge is 0.389 e. The smallest absolute Gasteiger partial charge is 0.106 e. The van der Waals surface area contributed by atoms with E-state index < -0.39 is 5.60 Å². The van der Waals surface area contributed by atoms with Gasteiger partial charge in [-0.05, 0) is 32.7 Å². The van der Waals surface area contributed by atoms with Gasteiger partial charge in [0, 0.05) is 6.54 Å². The molecule has 0 aromatic heterocycles. The standard InChI is InChI=1S/C8H18.C5H13NO.C4H10.C2H6.C2H2.CH2O/c1-4-5-6-7-8(2)3;1-5(2,7)4-6-3;1-4(2)3;3*1-2/h8H,4-7H2,1-3H3;6-7H,4H2,1-3H3;4H,1-3H3;1-2H3;1-2H;1H2. The summed E-state index contributed by atoms with van der Waals surface area (Å²) < 4.78 is 0. The van der Waals surface area contributed by atoms with Gasteiger partial charge in [0.25, 0.3) is 0 Å². The minimum Gasteiger partial charge on any atom is -0.389 e. The number of carbonyl (C=O) groups is 1. The second kappa shape index (κ2) is 38.6. The second-order valence-corrected chi connectivity index (χ2v) is 6.96. The van der Waals surface area contributed by atoms with Gasteiger partial charge in [0.15, 0.2) is 0 Å². The average molecular weight is 362 g/mol. The Balaban J connectivity index is -0.0000000484. The van der Waals surface area contributed by atoms with Gasteiger partial charge in [-0.25, -0.2) is 0 Å². The molecule has 0 fully saturated rings. The first-order chi connectivity index (χ1) is 11.6. The summed E-state index contributed by atoms with van der Waals surface area (Å²) in [5.74, 6) is 1.74. The van der Waals surface area contributed by atoms with E-state index in [9.17, 15) is 0 Å². The van der Waals surface area contributed by atoms with E-state index in [2.05, 4.69) is 59.7 Å². The van der Waals surface area contributed by atoms with Crippen LogP contribution in [0.2, 0.25) is 0 Å². The summed E-state index contributed by atoms with van der Waals surface area (Å²) in [6.07, 6.45) is 13.6. The molecule has 0 spiro atoms. The molecule has 25 heavy (non-hydrogen) atoms. The molecule has 0 heterocycles. The molecule has 0 saturated carbocycles. The van der Waals surface area contributed by atoms with Gasteiger partial charge in [0.2, 0.25) is 0 Å². The third-order valence-electron chi connectivity index (χ3n) is 1.99. The molecular formula is C22H51NO2. The van der Waals surface area contributed by atoms with Gasteiger partial charge in [0.1, 0.15) is 6.79 Å². The lowest BCUT2D eigenvalue weighted by Gasteiger charge is -2.14. The van der Waals surface area contributed by atoms with Gasteiger partial charge in [-0.1, -0.05) is 81.1 Å². The molecular weight excluding hydrogens is 310 g/mol. The van der Waals surface area contributed by atoms with Crippen molar-refractivity contribution in [1.82, 2.24) is 5.32 Å². The van der Waals surface area contributed by atoms with Gasteiger partial charge in [-0.15, -0.1) is 12.8 Å². The highest BCUT2D eigenvalue weighted by Crippen LogP contribution is 2.06. The molecule has 3 heteroatoms. The summed E-state index contributed by atoms with van der Waals surface area (Å²) in [6.45, 7) is 23.5. The summed E-state index contributed by atoms with van der Waals surface area (Å²) in [5, 5.41) is 11.8. The molecule has 0 aromatic rings. The summed E-state index contributed by atoms with van der Waals surface area (Å²) in [6, 6.07) is 0. The quantitative estimate of drug-likeness (QED) is 0.454. The van der Waals surface area contributed by atoms with Crippen molar-refractivity contribution in [2.75, 3.05) is 13.6 Å². The molecule has 2 N–H and O–H groups in total. The van der Waals surface area contributed by atoms with Crippen LogP contribution in [0.3, 0.4) is 0 Å². The van der Waals surface area contributed by atoms with E-state index in [4.69, 9.17) is 9.90 Å². The Bertz CT molecular complexity index is 191. The van der Waals surface area contributed by atoms with E-state index in [0.29, 0.717) is 6.54 Å². The molecule has 0 bridgehead atoms. The normalized spacial score (nSPS) is 8.64. The number of hydrogen-bond acceptors (Lipinski definition) is 3. The van der Waals surface area contributed by atoms with E-state index >= 15 is 0 Å².